The Kier molecular flexibility index (Phi) is 5.00. The van der Waals surface area contributed by atoms with Crippen LogP contribution in [-0.2, 0) is 4.79 Å². The minimum Gasteiger partial charge on any atom is -0.290 e. The Bertz CT molecular complexity index is 399. The number of benzene rings is 1. The summed E-state index contributed by atoms with van der Waals surface area (Å²) in [7, 11) is 0. The van der Waals surface area contributed by atoms with Crippen LogP contribution in [-0.4, -0.2) is 5.78 Å². The number of hydrogen-bond acceptors (Lipinski definition) is 1. The van der Waals surface area contributed by atoms with Gasteiger partial charge in [-0.1, -0.05) is 43.0 Å². The van der Waals surface area contributed by atoms with Gasteiger partial charge in [-0.25, -0.2) is 0 Å². The van der Waals surface area contributed by atoms with E-state index in [-0.39, 0.29) is 5.78 Å². The normalized spacial score (nSPS) is 10.9. The molecule has 0 atom stereocenters. The number of rotatable bonds is 6. The molecule has 0 bridgehead atoms. The van der Waals surface area contributed by atoms with Crippen molar-refractivity contribution in [1.82, 2.24) is 0 Å². The molecular formula is C15H16O. The van der Waals surface area contributed by atoms with Gasteiger partial charge in [0.25, 0.3) is 0 Å². The zero-order valence-electron chi connectivity index (χ0n) is 9.36. The van der Waals surface area contributed by atoms with Gasteiger partial charge in [-0.15, -0.1) is 6.58 Å². The van der Waals surface area contributed by atoms with Crippen molar-refractivity contribution in [3.05, 3.63) is 66.8 Å². The topological polar surface area (TPSA) is 17.1 Å². The fourth-order valence-corrected chi connectivity index (χ4v) is 1.41. The molecule has 0 fully saturated rings. The van der Waals surface area contributed by atoms with Crippen molar-refractivity contribution in [1.29, 1.82) is 0 Å². The fourth-order valence-electron chi connectivity index (χ4n) is 1.41. The molecule has 0 N–H and O–H groups in total. The van der Waals surface area contributed by atoms with E-state index in [4.69, 9.17) is 0 Å². The van der Waals surface area contributed by atoms with E-state index in [1.165, 1.54) is 6.08 Å². The van der Waals surface area contributed by atoms with Gasteiger partial charge in [-0.3, -0.25) is 4.79 Å². The summed E-state index contributed by atoms with van der Waals surface area (Å²) in [5.74, 6) is -0.00861. The molecule has 0 heterocycles. The van der Waals surface area contributed by atoms with E-state index in [0.717, 1.165) is 17.6 Å². The molecule has 1 aromatic carbocycles. The van der Waals surface area contributed by atoms with Gasteiger partial charge in [-0.05, 0) is 30.6 Å². The van der Waals surface area contributed by atoms with Crippen LogP contribution in [0, 0.1) is 0 Å². The third-order valence-corrected chi connectivity index (χ3v) is 2.26. The molecule has 0 radical (unpaired) electrons. The Balaban J connectivity index is 2.91. The monoisotopic (exact) mass is 212 g/mol. The molecule has 1 aromatic rings. The predicted octanol–water partition coefficient (Wildman–Crippen LogP) is 3.79. The molecule has 82 valence electrons. The van der Waals surface area contributed by atoms with Crippen LogP contribution in [0.25, 0.3) is 6.08 Å². The van der Waals surface area contributed by atoms with Gasteiger partial charge in [0, 0.05) is 5.57 Å². The molecule has 0 spiro atoms. The first-order chi connectivity index (χ1) is 7.77. The SMILES string of the molecule is C=CCC/C(=C\c1ccccc1)C(=O)C=C. The van der Waals surface area contributed by atoms with Crippen LogP contribution >= 0.6 is 0 Å². The Morgan fingerprint density at radius 1 is 1.19 bits per heavy atom. The van der Waals surface area contributed by atoms with Crippen LogP contribution < -0.4 is 0 Å². The van der Waals surface area contributed by atoms with Crippen LogP contribution in [0.4, 0.5) is 0 Å². The summed E-state index contributed by atoms with van der Waals surface area (Å²) < 4.78 is 0. The maximum absolute atomic E-state index is 11.6. The van der Waals surface area contributed by atoms with Gasteiger partial charge in [-0.2, -0.15) is 0 Å². The number of allylic oxidation sites excluding steroid dienone is 3. The highest BCUT2D eigenvalue weighted by molar-refractivity contribution is 6.06. The molecule has 16 heavy (non-hydrogen) atoms. The third kappa shape index (κ3) is 3.70. The van der Waals surface area contributed by atoms with Crippen LogP contribution in [0.2, 0.25) is 0 Å². The number of ketones is 1. The summed E-state index contributed by atoms with van der Waals surface area (Å²) in [4.78, 5) is 11.6. The highest BCUT2D eigenvalue weighted by Crippen LogP contribution is 2.13. The zero-order valence-corrected chi connectivity index (χ0v) is 9.36. The first-order valence-electron chi connectivity index (χ1n) is 5.31. The molecule has 0 aliphatic heterocycles. The summed E-state index contributed by atoms with van der Waals surface area (Å²) in [6.45, 7) is 7.18. The number of carbonyl (C=O) groups excluding carboxylic acids is 1. The van der Waals surface area contributed by atoms with Gasteiger partial charge >= 0.3 is 0 Å². The minimum atomic E-state index is -0.00861. The summed E-state index contributed by atoms with van der Waals surface area (Å²) >= 11 is 0. The number of carbonyl (C=O) groups is 1. The summed E-state index contributed by atoms with van der Waals surface area (Å²) in [5.41, 5.74) is 1.82. The lowest BCUT2D eigenvalue weighted by Gasteiger charge is -2.02. The van der Waals surface area contributed by atoms with E-state index in [0.29, 0.717) is 6.42 Å². The Hall–Kier alpha value is -1.89. The summed E-state index contributed by atoms with van der Waals surface area (Å²) in [6.07, 6.45) is 6.60. The maximum Gasteiger partial charge on any atom is 0.181 e. The lowest BCUT2D eigenvalue weighted by Crippen LogP contribution is -1.97. The second-order valence-corrected chi connectivity index (χ2v) is 3.48. The van der Waals surface area contributed by atoms with Crippen molar-refractivity contribution in [3.63, 3.8) is 0 Å². The Morgan fingerprint density at radius 3 is 2.44 bits per heavy atom. The van der Waals surface area contributed by atoms with E-state index in [1.807, 2.05) is 42.5 Å². The molecule has 1 nitrogen and oxygen atoms in total. The van der Waals surface area contributed by atoms with Crippen molar-refractivity contribution < 1.29 is 4.79 Å². The first kappa shape index (κ1) is 12.2. The average Bonchev–Trinajstić information content (AvgIpc) is 2.34. The van der Waals surface area contributed by atoms with E-state index >= 15 is 0 Å². The smallest absolute Gasteiger partial charge is 0.181 e. The quantitative estimate of drug-likeness (QED) is 0.518. The van der Waals surface area contributed by atoms with Gasteiger partial charge in [0.1, 0.15) is 0 Å². The van der Waals surface area contributed by atoms with Crippen molar-refractivity contribution >= 4 is 11.9 Å². The molecule has 0 amide bonds. The molecule has 0 aliphatic rings. The van der Waals surface area contributed by atoms with Crippen molar-refractivity contribution in [3.8, 4) is 0 Å². The lowest BCUT2D eigenvalue weighted by atomic mass is 10.0. The molecule has 0 unspecified atom stereocenters. The average molecular weight is 212 g/mol. The van der Waals surface area contributed by atoms with Gasteiger partial charge in [0.15, 0.2) is 5.78 Å². The Morgan fingerprint density at radius 2 is 1.88 bits per heavy atom. The molecule has 0 saturated carbocycles. The third-order valence-electron chi connectivity index (χ3n) is 2.26. The fraction of sp³-hybridized carbons (Fsp3) is 0.133. The summed E-state index contributed by atoms with van der Waals surface area (Å²) in [5, 5.41) is 0. The standard InChI is InChI=1S/C15H16O/c1-3-5-11-14(15(16)4-2)12-13-9-7-6-8-10-13/h3-4,6-10,12H,1-2,5,11H2/b14-12+. The molecule has 0 aliphatic carbocycles. The van der Waals surface area contributed by atoms with Crippen molar-refractivity contribution in [2.45, 2.75) is 12.8 Å². The van der Waals surface area contributed by atoms with Gasteiger partial charge in [0.05, 0.1) is 0 Å². The molecule has 1 heteroatoms. The van der Waals surface area contributed by atoms with Crippen LogP contribution in [0.5, 0.6) is 0 Å². The van der Waals surface area contributed by atoms with Crippen molar-refractivity contribution in [2.75, 3.05) is 0 Å². The lowest BCUT2D eigenvalue weighted by molar-refractivity contribution is -0.111. The van der Waals surface area contributed by atoms with Gasteiger partial charge < -0.3 is 0 Å². The molecule has 0 saturated heterocycles. The van der Waals surface area contributed by atoms with Crippen LogP contribution in [0.1, 0.15) is 18.4 Å². The largest absolute Gasteiger partial charge is 0.290 e. The highest BCUT2D eigenvalue weighted by Gasteiger charge is 2.04. The summed E-state index contributed by atoms with van der Waals surface area (Å²) in [6, 6.07) is 9.81. The second-order valence-electron chi connectivity index (χ2n) is 3.48. The van der Waals surface area contributed by atoms with E-state index in [2.05, 4.69) is 13.2 Å². The number of hydrogen-bond donors (Lipinski definition) is 0. The first-order valence-corrected chi connectivity index (χ1v) is 5.31. The zero-order chi connectivity index (χ0) is 11.8. The minimum absolute atomic E-state index is 0.00861. The van der Waals surface area contributed by atoms with Crippen LogP contribution in [0.15, 0.2) is 61.2 Å². The van der Waals surface area contributed by atoms with E-state index in [1.54, 1.807) is 0 Å². The van der Waals surface area contributed by atoms with E-state index < -0.39 is 0 Å². The predicted molar refractivity (Wildman–Crippen MR) is 69.1 cm³/mol. The van der Waals surface area contributed by atoms with Gasteiger partial charge in [0.2, 0.25) is 0 Å². The van der Waals surface area contributed by atoms with Crippen molar-refractivity contribution in [2.24, 2.45) is 0 Å². The maximum atomic E-state index is 11.6. The van der Waals surface area contributed by atoms with E-state index in [9.17, 15) is 4.79 Å². The molecule has 0 aromatic heterocycles. The Labute approximate surface area is 96.8 Å². The molecular weight excluding hydrogens is 196 g/mol. The second kappa shape index (κ2) is 6.57. The van der Waals surface area contributed by atoms with Crippen LogP contribution in [0.3, 0.4) is 0 Å². The highest BCUT2D eigenvalue weighted by atomic mass is 16.1. The molecule has 1 rings (SSSR count).